The number of benzene rings is 1. The second kappa shape index (κ2) is 7.45. The van der Waals surface area contributed by atoms with Crippen molar-refractivity contribution in [2.75, 3.05) is 6.54 Å². The maximum absolute atomic E-state index is 13.5. The largest absolute Gasteiger partial charge is 0.335 e. The van der Waals surface area contributed by atoms with Gasteiger partial charge in [0.05, 0.1) is 27.4 Å². The molecule has 29 heavy (non-hydrogen) atoms. The molecule has 2 aliphatic rings. The van der Waals surface area contributed by atoms with Crippen LogP contribution >= 0.6 is 11.6 Å². The smallest absolute Gasteiger partial charge is 0.257 e. The molecule has 2 fully saturated rings. The summed E-state index contributed by atoms with van der Waals surface area (Å²) in [5, 5.41) is 5.88. The number of halogens is 1. The number of carbonyl (C=O) groups is 1. The molecule has 5 rings (SSSR count). The first-order chi connectivity index (χ1) is 14.1. The minimum atomic E-state index is 0.0212. The van der Waals surface area contributed by atoms with Gasteiger partial charge >= 0.3 is 0 Å². The lowest BCUT2D eigenvalue weighted by atomic mass is 9.78. The molecule has 1 amide bonds. The van der Waals surface area contributed by atoms with Gasteiger partial charge in [-0.3, -0.25) is 4.79 Å². The minimum Gasteiger partial charge on any atom is -0.335 e. The predicted octanol–water partition coefficient (Wildman–Crippen LogP) is 5.18. The second-order valence-corrected chi connectivity index (χ2v) is 8.65. The van der Waals surface area contributed by atoms with Crippen LogP contribution in [0, 0.1) is 12.8 Å². The van der Waals surface area contributed by atoms with Crippen LogP contribution in [0.25, 0.3) is 16.7 Å². The quantitative estimate of drug-likeness (QED) is 0.587. The van der Waals surface area contributed by atoms with E-state index in [-0.39, 0.29) is 5.91 Å². The van der Waals surface area contributed by atoms with Crippen molar-refractivity contribution in [3.05, 3.63) is 52.8 Å². The summed E-state index contributed by atoms with van der Waals surface area (Å²) >= 11 is 6.80. The van der Waals surface area contributed by atoms with E-state index in [1.807, 2.05) is 37.3 Å². The van der Waals surface area contributed by atoms with Crippen LogP contribution in [-0.4, -0.2) is 38.2 Å². The number of nitrogens with zero attached hydrogens (tertiary/aromatic N) is 4. The number of fused-ring (bicyclic) bond motifs is 2. The van der Waals surface area contributed by atoms with E-state index in [9.17, 15) is 4.79 Å². The molecule has 1 aliphatic heterocycles. The highest BCUT2D eigenvalue weighted by Crippen LogP contribution is 2.37. The first-order valence-electron chi connectivity index (χ1n) is 10.6. The number of pyridine rings is 1. The normalized spacial score (nSPS) is 21.9. The van der Waals surface area contributed by atoms with Crippen molar-refractivity contribution in [2.24, 2.45) is 5.92 Å². The molecule has 1 saturated carbocycles. The fraction of sp³-hybridized carbons (Fsp3) is 0.435. The molecule has 1 aromatic carbocycles. The molecule has 3 heterocycles. The monoisotopic (exact) mass is 408 g/mol. The molecule has 2 atom stereocenters. The summed E-state index contributed by atoms with van der Waals surface area (Å²) in [5.74, 6) is 0.660. The van der Waals surface area contributed by atoms with Gasteiger partial charge in [-0.05, 0) is 50.7 Å². The van der Waals surface area contributed by atoms with Gasteiger partial charge in [-0.2, -0.15) is 5.10 Å². The highest BCUT2D eigenvalue weighted by Gasteiger charge is 2.37. The summed E-state index contributed by atoms with van der Waals surface area (Å²) in [4.78, 5) is 20.2. The van der Waals surface area contributed by atoms with E-state index in [0.29, 0.717) is 28.2 Å². The molecule has 2 aromatic heterocycles. The van der Waals surface area contributed by atoms with Crippen LogP contribution < -0.4 is 0 Å². The summed E-state index contributed by atoms with van der Waals surface area (Å²) in [6.45, 7) is 2.73. The number of hydrogen-bond acceptors (Lipinski definition) is 3. The Bertz CT molecular complexity index is 1060. The molecule has 1 saturated heterocycles. The Labute approximate surface area is 175 Å². The Hall–Kier alpha value is -2.40. The lowest BCUT2D eigenvalue weighted by molar-refractivity contribution is 0.0390. The highest BCUT2D eigenvalue weighted by molar-refractivity contribution is 6.38. The van der Waals surface area contributed by atoms with Crippen molar-refractivity contribution >= 4 is 28.5 Å². The van der Waals surface area contributed by atoms with Gasteiger partial charge in [-0.1, -0.05) is 42.6 Å². The summed E-state index contributed by atoms with van der Waals surface area (Å²) in [6.07, 6.45) is 8.79. The van der Waals surface area contributed by atoms with Crippen molar-refractivity contribution in [1.29, 1.82) is 0 Å². The standard InChI is InChI=1S/C23H25ClN4O/c1-15-20-21(24)18(14-25-22(20)28(26-15)17-10-3-2-4-11-17)23(29)27-13-7-9-16-8-5-6-12-19(16)27/h2-4,10-11,14,16,19H,5-9,12-13H2,1H3/t16-,19+/m0/s1. The number of likely N-dealkylation sites (tertiary alicyclic amines) is 1. The number of amides is 1. The Morgan fingerprint density at radius 3 is 2.69 bits per heavy atom. The second-order valence-electron chi connectivity index (χ2n) is 8.27. The predicted molar refractivity (Wildman–Crippen MR) is 115 cm³/mol. The summed E-state index contributed by atoms with van der Waals surface area (Å²) < 4.78 is 1.79. The average molecular weight is 409 g/mol. The van der Waals surface area contributed by atoms with Gasteiger partial charge in [0.25, 0.3) is 5.91 Å². The van der Waals surface area contributed by atoms with Crippen LogP contribution in [0.3, 0.4) is 0 Å². The van der Waals surface area contributed by atoms with Crippen molar-refractivity contribution in [3.8, 4) is 5.69 Å². The van der Waals surface area contributed by atoms with Crippen LogP contribution in [0.4, 0.5) is 0 Å². The van der Waals surface area contributed by atoms with Crippen molar-refractivity contribution in [1.82, 2.24) is 19.7 Å². The number of piperidine rings is 1. The first-order valence-corrected chi connectivity index (χ1v) is 10.9. The van der Waals surface area contributed by atoms with E-state index < -0.39 is 0 Å². The topological polar surface area (TPSA) is 51.0 Å². The van der Waals surface area contributed by atoms with Crippen LogP contribution in [0.1, 0.15) is 54.6 Å². The van der Waals surface area contributed by atoms with E-state index in [2.05, 4.69) is 15.0 Å². The van der Waals surface area contributed by atoms with Gasteiger partial charge in [0.2, 0.25) is 0 Å². The number of carbonyl (C=O) groups excluding carboxylic acids is 1. The third-order valence-corrected chi connectivity index (χ3v) is 6.94. The molecule has 0 radical (unpaired) electrons. The molecule has 0 N–H and O–H groups in total. The van der Waals surface area contributed by atoms with Gasteiger partial charge < -0.3 is 4.90 Å². The fourth-order valence-electron chi connectivity index (χ4n) is 5.14. The summed E-state index contributed by atoms with van der Waals surface area (Å²) in [7, 11) is 0. The Morgan fingerprint density at radius 1 is 1.10 bits per heavy atom. The molecular formula is C23H25ClN4O. The van der Waals surface area contributed by atoms with Gasteiger partial charge in [0.1, 0.15) is 0 Å². The van der Waals surface area contributed by atoms with Crippen LogP contribution in [0.2, 0.25) is 5.02 Å². The third kappa shape index (κ3) is 3.12. The molecule has 0 spiro atoms. The maximum Gasteiger partial charge on any atom is 0.257 e. The summed E-state index contributed by atoms with van der Waals surface area (Å²) in [6, 6.07) is 10.2. The number of para-hydroxylation sites is 1. The zero-order valence-electron chi connectivity index (χ0n) is 16.6. The Morgan fingerprint density at radius 2 is 1.86 bits per heavy atom. The SMILES string of the molecule is Cc1nn(-c2ccccc2)c2ncc(C(=O)N3CCC[C@@H]4CCCC[C@H]43)c(Cl)c12. The van der Waals surface area contributed by atoms with E-state index >= 15 is 0 Å². The molecule has 0 unspecified atom stereocenters. The number of hydrogen-bond donors (Lipinski definition) is 0. The van der Waals surface area contributed by atoms with E-state index in [4.69, 9.17) is 11.6 Å². The van der Waals surface area contributed by atoms with Gasteiger partial charge in [0.15, 0.2) is 5.65 Å². The molecule has 0 bridgehead atoms. The summed E-state index contributed by atoms with van der Waals surface area (Å²) in [5.41, 5.74) is 2.89. The first kappa shape index (κ1) is 18.6. The molecular weight excluding hydrogens is 384 g/mol. The molecule has 6 heteroatoms. The molecule has 150 valence electrons. The highest BCUT2D eigenvalue weighted by atomic mass is 35.5. The lowest BCUT2D eigenvalue weighted by Crippen LogP contribution is -2.49. The fourth-order valence-corrected chi connectivity index (χ4v) is 5.49. The molecule has 1 aliphatic carbocycles. The van der Waals surface area contributed by atoms with Crippen LogP contribution in [0.5, 0.6) is 0 Å². The zero-order chi connectivity index (χ0) is 20.0. The molecule has 3 aromatic rings. The number of aromatic nitrogens is 3. The maximum atomic E-state index is 13.5. The van der Waals surface area contributed by atoms with E-state index in [1.165, 1.54) is 25.7 Å². The minimum absolute atomic E-state index is 0.0212. The van der Waals surface area contributed by atoms with Crippen molar-refractivity contribution in [2.45, 2.75) is 51.5 Å². The van der Waals surface area contributed by atoms with E-state index in [1.54, 1.807) is 10.9 Å². The van der Waals surface area contributed by atoms with Crippen LogP contribution in [-0.2, 0) is 0 Å². The Kier molecular flexibility index (Phi) is 4.78. The van der Waals surface area contributed by atoms with Gasteiger partial charge in [-0.25, -0.2) is 9.67 Å². The zero-order valence-corrected chi connectivity index (χ0v) is 17.4. The van der Waals surface area contributed by atoms with Crippen molar-refractivity contribution < 1.29 is 4.79 Å². The van der Waals surface area contributed by atoms with Crippen molar-refractivity contribution in [3.63, 3.8) is 0 Å². The lowest BCUT2D eigenvalue weighted by Gasteiger charge is -2.44. The average Bonchev–Trinajstić information content (AvgIpc) is 3.11. The third-order valence-electron chi connectivity index (χ3n) is 6.54. The van der Waals surface area contributed by atoms with E-state index in [0.717, 1.165) is 36.2 Å². The van der Waals surface area contributed by atoms with Gasteiger partial charge in [-0.15, -0.1) is 0 Å². The van der Waals surface area contributed by atoms with Crippen LogP contribution in [0.15, 0.2) is 36.5 Å². The van der Waals surface area contributed by atoms with Gasteiger partial charge in [0, 0.05) is 18.8 Å². The number of rotatable bonds is 2. The number of aryl methyl sites for hydroxylation is 1. The Balaban J connectivity index is 1.55. The molecule has 5 nitrogen and oxygen atoms in total.